The smallest absolute Gasteiger partial charge is 0.262 e. The number of nitrogens with zero attached hydrogens (tertiary/aromatic N) is 3. The minimum Gasteiger partial charge on any atom is -0.379 e. The zero-order chi connectivity index (χ0) is 20.8. The van der Waals surface area contributed by atoms with Gasteiger partial charge in [0.25, 0.3) is 5.56 Å². The van der Waals surface area contributed by atoms with Crippen LogP contribution in [0.3, 0.4) is 0 Å². The normalized spacial score (nSPS) is 12.0. The number of aryl methyl sites for hydroxylation is 1. The van der Waals surface area contributed by atoms with E-state index in [0.29, 0.717) is 36.4 Å². The van der Waals surface area contributed by atoms with Crippen molar-refractivity contribution in [3.8, 4) is 0 Å². The molecule has 0 saturated carbocycles. The Kier molecular flexibility index (Phi) is 6.77. The van der Waals surface area contributed by atoms with Crippen molar-refractivity contribution in [2.24, 2.45) is 5.10 Å². The molecule has 0 amide bonds. The van der Waals surface area contributed by atoms with Crippen LogP contribution in [0.25, 0.3) is 10.9 Å². The van der Waals surface area contributed by atoms with Crippen molar-refractivity contribution in [2.75, 3.05) is 12.0 Å². The summed E-state index contributed by atoms with van der Waals surface area (Å²) in [7, 11) is 0. The van der Waals surface area contributed by atoms with Gasteiger partial charge in [0, 0.05) is 13.2 Å². The standard InChI is InChI=1S/C23H28N4O2/c1-16(2)29-15-7-14-27-22(28)20-8-5-6-9-21(20)24-23(27)26-25-18(4)19-12-10-17(3)11-13-19/h5-6,8-13,16H,7,14-15H2,1-4H3,(H,24,26)/b25-18-. The van der Waals surface area contributed by atoms with E-state index in [1.54, 1.807) is 10.6 Å². The number of hydrogen-bond acceptors (Lipinski definition) is 5. The maximum atomic E-state index is 13.0. The summed E-state index contributed by atoms with van der Waals surface area (Å²) in [5.74, 6) is 0.435. The number of aromatic nitrogens is 2. The van der Waals surface area contributed by atoms with Crippen LogP contribution in [0.1, 0.15) is 38.3 Å². The van der Waals surface area contributed by atoms with Crippen LogP contribution in [0.2, 0.25) is 0 Å². The number of benzene rings is 2. The Balaban J connectivity index is 1.89. The van der Waals surface area contributed by atoms with Crippen LogP contribution in [-0.4, -0.2) is 28.0 Å². The summed E-state index contributed by atoms with van der Waals surface area (Å²) < 4.78 is 7.25. The molecule has 6 heteroatoms. The minimum atomic E-state index is -0.0779. The number of nitrogens with one attached hydrogen (secondary N) is 1. The summed E-state index contributed by atoms with van der Waals surface area (Å²) in [4.78, 5) is 17.7. The largest absolute Gasteiger partial charge is 0.379 e. The summed E-state index contributed by atoms with van der Waals surface area (Å²) in [6.45, 7) is 9.07. The van der Waals surface area contributed by atoms with Crippen LogP contribution in [0, 0.1) is 6.92 Å². The quantitative estimate of drug-likeness (QED) is 0.351. The molecular weight excluding hydrogens is 364 g/mol. The van der Waals surface area contributed by atoms with Crippen LogP contribution in [0.4, 0.5) is 5.95 Å². The van der Waals surface area contributed by atoms with Crippen LogP contribution in [0.5, 0.6) is 0 Å². The third kappa shape index (κ3) is 5.29. The molecule has 0 fully saturated rings. The third-order valence-corrected chi connectivity index (χ3v) is 4.63. The fourth-order valence-corrected chi connectivity index (χ4v) is 3.00. The van der Waals surface area contributed by atoms with E-state index in [1.165, 1.54) is 5.56 Å². The molecule has 1 heterocycles. The van der Waals surface area contributed by atoms with Gasteiger partial charge in [-0.05, 0) is 51.8 Å². The Bertz CT molecular complexity index is 1050. The number of hydrogen-bond donors (Lipinski definition) is 1. The average molecular weight is 393 g/mol. The van der Waals surface area contributed by atoms with Gasteiger partial charge in [-0.2, -0.15) is 5.10 Å². The van der Waals surface area contributed by atoms with Crippen molar-refractivity contribution < 1.29 is 4.74 Å². The number of hydrazone groups is 1. The average Bonchev–Trinajstić information content (AvgIpc) is 2.71. The molecular formula is C23H28N4O2. The van der Waals surface area contributed by atoms with Crippen molar-refractivity contribution in [1.29, 1.82) is 0 Å². The zero-order valence-electron chi connectivity index (χ0n) is 17.5. The minimum absolute atomic E-state index is 0.0779. The molecule has 0 unspecified atom stereocenters. The van der Waals surface area contributed by atoms with E-state index in [-0.39, 0.29) is 11.7 Å². The van der Waals surface area contributed by atoms with Gasteiger partial charge in [0.15, 0.2) is 0 Å². The summed E-state index contributed by atoms with van der Waals surface area (Å²) in [5.41, 5.74) is 6.62. The molecule has 6 nitrogen and oxygen atoms in total. The van der Waals surface area contributed by atoms with Crippen molar-refractivity contribution in [2.45, 2.75) is 46.8 Å². The second-order valence-corrected chi connectivity index (χ2v) is 7.36. The second-order valence-electron chi connectivity index (χ2n) is 7.36. The van der Waals surface area contributed by atoms with Gasteiger partial charge in [-0.3, -0.25) is 9.36 Å². The van der Waals surface area contributed by atoms with Gasteiger partial charge in [0.1, 0.15) is 0 Å². The SMILES string of the molecule is C/C(=N/Nc1nc2ccccc2c(=O)n1CCCOC(C)C)c1ccc(C)cc1. The molecule has 2 aromatic carbocycles. The van der Waals surface area contributed by atoms with Crippen LogP contribution >= 0.6 is 0 Å². The molecule has 0 aliphatic rings. The van der Waals surface area contributed by atoms with Gasteiger partial charge in [-0.15, -0.1) is 0 Å². The van der Waals surface area contributed by atoms with Crippen LogP contribution in [0.15, 0.2) is 58.4 Å². The summed E-state index contributed by atoms with van der Waals surface area (Å²) in [6.07, 6.45) is 0.883. The van der Waals surface area contributed by atoms with Crippen molar-refractivity contribution >= 4 is 22.6 Å². The summed E-state index contributed by atoms with van der Waals surface area (Å²) in [6, 6.07) is 15.5. The van der Waals surface area contributed by atoms with Crippen LogP contribution in [-0.2, 0) is 11.3 Å². The first-order chi connectivity index (χ1) is 14.0. The van der Waals surface area contributed by atoms with Gasteiger partial charge in [-0.1, -0.05) is 42.0 Å². The predicted molar refractivity (Wildman–Crippen MR) is 119 cm³/mol. The summed E-state index contributed by atoms with van der Waals surface area (Å²) >= 11 is 0. The van der Waals surface area contributed by atoms with Gasteiger partial charge >= 0.3 is 0 Å². The monoisotopic (exact) mass is 392 g/mol. The van der Waals surface area contributed by atoms with Gasteiger partial charge < -0.3 is 4.74 Å². The van der Waals surface area contributed by atoms with E-state index in [9.17, 15) is 4.79 Å². The van der Waals surface area contributed by atoms with E-state index in [0.717, 1.165) is 11.3 Å². The Hall–Kier alpha value is -2.99. The maximum absolute atomic E-state index is 13.0. The number of para-hydroxylation sites is 1. The van der Waals surface area contributed by atoms with E-state index in [1.807, 2.05) is 63.2 Å². The first-order valence-corrected chi connectivity index (χ1v) is 9.94. The zero-order valence-corrected chi connectivity index (χ0v) is 17.5. The molecule has 0 spiro atoms. The topological polar surface area (TPSA) is 68.5 Å². The Morgan fingerprint density at radius 3 is 2.62 bits per heavy atom. The molecule has 29 heavy (non-hydrogen) atoms. The molecule has 0 aliphatic heterocycles. The fourth-order valence-electron chi connectivity index (χ4n) is 3.00. The highest BCUT2D eigenvalue weighted by molar-refractivity contribution is 5.99. The highest BCUT2D eigenvalue weighted by Crippen LogP contribution is 2.13. The maximum Gasteiger partial charge on any atom is 0.262 e. The molecule has 0 bridgehead atoms. The van der Waals surface area contributed by atoms with Crippen LogP contribution < -0.4 is 11.0 Å². The van der Waals surface area contributed by atoms with Gasteiger partial charge in [-0.25, -0.2) is 10.4 Å². The first-order valence-electron chi connectivity index (χ1n) is 9.94. The predicted octanol–water partition coefficient (Wildman–Crippen LogP) is 4.36. The molecule has 1 aromatic heterocycles. The van der Waals surface area contributed by atoms with E-state index in [2.05, 4.69) is 22.4 Å². The lowest BCUT2D eigenvalue weighted by atomic mass is 10.1. The Labute approximate surface area is 171 Å². The molecule has 0 saturated heterocycles. The Morgan fingerprint density at radius 1 is 1.17 bits per heavy atom. The lowest BCUT2D eigenvalue weighted by Crippen LogP contribution is -2.25. The molecule has 0 radical (unpaired) electrons. The number of ether oxygens (including phenoxy) is 1. The van der Waals surface area contributed by atoms with Crippen molar-refractivity contribution in [3.63, 3.8) is 0 Å². The molecule has 3 rings (SSSR count). The van der Waals surface area contributed by atoms with E-state index in [4.69, 9.17) is 4.74 Å². The lowest BCUT2D eigenvalue weighted by molar-refractivity contribution is 0.0748. The fraction of sp³-hybridized carbons (Fsp3) is 0.348. The molecule has 0 aliphatic carbocycles. The van der Waals surface area contributed by atoms with E-state index < -0.39 is 0 Å². The number of fused-ring (bicyclic) bond motifs is 1. The Morgan fingerprint density at radius 2 is 1.90 bits per heavy atom. The highest BCUT2D eigenvalue weighted by Gasteiger charge is 2.11. The molecule has 0 atom stereocenters. The van der Waals surface area contributed by atoms with Crippen molar-refractivity contribution in [3.05, 3.63) is 70.0 Å². The third-order valence-electron chi connectivity index (χ3n) is 4.63. The van der Waals surface area contributed by atoms with Gasteiger partial charge in [0.05, 0.1) is 22.7 Å². The second kappa shape index (κ2) is 9.47. The van der Waals surface area contributed by atoms with Crippen molar-refractivity contribution in [1.82, 2.24) is 9.55 Å². The summed E-state index contributed by atoms with van der Waals surface area (Å²) in [5, 5.41) is 5.07. The van der Waals surface area contributed by atoms with Gasteiger partial charge in [0.2, 0.25) is 5.95 Å². The lowest BCUT2D eigenvalue weighted by Gasteiger charge is -2.14. The molecule has 1 N–H and O–H groups in total. The molecule has 3 aromatic rings. The highest BCUT2D eigenvalue weighted by atomic mass is 16.5. The molecule has 152 valence electrons. The number of anilines is 1. The van der Waals surface area contributed by atoms with E-state index >= 15 is 0 Å². The number of rotatable bonds is 8. The first kappa shape index (κ1) is 20.7.